The first kappa shape index (κ1) is 16.3. The second kappa shape index (κ2) is 5.26. The quantitative estimate of drug-likeness (QED) is 0.861. The van der Waals surface area contributed by atoms with Crippen LogP contribution in [-0.4, -0.2) is 47.3 Å². The van der Waals surface area contributed by atoms with E-state index in [2.05, 4.69) is 58.7 Å². The molecule has 1 N–H and O–H groups in total. The number of nitrogens with zero attached hydrogens (tertiary/aromatic N) is 1. The SMILES string of the molecule is CC(C)(C)NCC1CCC1N1CC(C)(C)OC(C)(C)C1. The molecule has 0 radical (unpaired) electrons. The highest BCUT2D eigenvalue weighted by Gasteiger charge is 2.44. The van der Waals surface area contributed by atoms with E-state index in [0.717, 1.165) is 31.6 Å². The summed E-state index contributed by atoms with van der Waals surface area (Å²) in [6.45, 7) is 18.9. The fourth-order valence-electron chi connectivity index (χ4n) is 3.79. The third kappa shape index (κ3) is 4.19. The van der Waals surface area contributed by atoms with Gasteiger partial charge in [-0.05, 0) is 73.8 Å². The molecule has 2 unspecified atom stereocenters. The number of ether oxygens (including phenoxy) is 1. The van der Waals surface area contributed by atoms with E-state index in [4.69, 9.17) is 4.74 Å². The Balaban J connectivity index is 1.94. The molecule has 3 heteroatoms. The van der Waals surface area contributed by atoms with Crippen LogP contribution in [0.3, 0.4) is 0 Å². The Kier molecular flexibility index (Phi) is 4.27. The summed E-state index contributed by atoms with van der Waals surface area (Å²) in [7, 11) is 0. The maximum Gasteiger partial charge on any atom is 0.0760 e. The van der Waals surface area contributed by atoms with Crippen LogP contribution in [0.15, 0.2) is 0 Å². The molecule has 0 aromatic heterocycles. The third-order valence-electron chi connectivity index (χ3n) is 4.46. The van der Waals surface area contributed by atoms with Crippen LogP contribution in [0.1, 0.15) is 61.3 Å². The molecule has 2 atom stereocenters. The maximum absolute atomic E-state index is 6.20. The molecule has 2 fully saturated rings. The highest BCUT2D eigenvalue weighted by atomic mass is 16.5. The number of hydrogen-bond acceptors (Lipinski definition) is 3. The van der Waals surface area contributed by atoms with E-state index < -0.39 is 0 Å². The van der Waals surface area contributed by atoms with Crippen LogP contribution in [-0.2, 0) is 4.74 Å². The molecule has 0 spiro atoms. The van der Waals surface area contributed by atoms with Crippen molar-refractivity contribution in [2.45, 2.75) is 84.1 Å². The minimum absolute atomic E-state index is 0.0284. The zero-order valence-electron chi connectivity index (χ0n) is 14.5. The van der Waals surface area contributed by atoms with Gasteiger partial charge in [-0.2, -0.15) is 0 Å². The van der Waals surface area contributed by atoms with Gasteiger partial charge in [0.05, 0.1) is 11.2 Å². The van der Waals surface area contributed by atoms with Gasteiger partial charge in [0.15, 0.2) is 0 Å². The summed E-state index contributed by atoms with van der Waals surface area (Å²) < 4.78 is 6.20. The van der Waals surface area contributed by atoms with Gasteiger partial charge in [-0.1, -0.05) is 0 Å². The van der Waals surface area contributed by atoms with E-state index in [9.17, 15) is 0 Å². The maximum atomic E-state index is 6.20. The number of rotatable bonds is 3. The van der Waals surface area contributed by atoms with Crippen molar-refractivity contribution in [3.8, 4) is 0 Å². The van der Waals surface area contributed by atoms with Crippen molar-refractivity contribution in [2.75, 3.05) is 19.6 Å². The molecule has 1 saturated carbocycles. The molecule has 1 saturated heterocycles. The normalized spacial score (nSPS) is 33.8. The fraction of sp³-hybridized carbons (Fsp3) is 1.00. The summed E-state index contributed by atoms with van der Waals surface area (Å²) in [5.41, 5.74) is 0.169. The highest BCUT2D eigenvalue weighted by molar-refractivity contribution is 4.98. The van der Waals surface area contributed by atoms with Gasteiger partial charge < -0.3 is 10.1 Å². The van der Waals surface area contributed by atoms with E-state index in [1.54, 1.807) is 0 Å². The Bertz CT molecular complexity index is 327. The summed E-state index contributed by atoms with van der Waals surface area (Å²) in [6, 6.07) is 0.743. The molecule has 1 aliphatic heterocycles. The molecule has 0 bridgehead atoms. The van der Waals surface area contributed by atoms with Crippen LogP contribution >= 0.6 is 0 Å². The van der Waals surface area contributed by atoms with Crippen molar-refractivity contribution >= 4 is 0 Å². The Morgan fingerprint density at radius 1 is 1.05 bits per heavy atom. The topological polar surface area (TPSA) is 24.5 Å². The van der Waals surface area contributed by atoms with Gasteiger partial charge in [-0.15, -0.1) is 0 Å². The molecule has 3 nitrogen and oxygen atoms in total. The van der Waals surface area contributed by atoms with Crippen LogP contribution in [0.4, 0.5) is 0 Å². The van der Waals surface area contributed by atoms with Crippen molar-refractivity contribution in [3.63, 3.8) is 0 Å². The van der Waals surface area contributed by atoms with Gasteiger partial charge in [0.25, 0.3) is 0 Å². The van der Waals surface area contributed by atoms with E-state index in [1.165, 1.54) is 12.8 Å². The lowest BCUT2D eigenvalue weighted by molar-refractivity contribution is -0.197. The molecule has 0 aromatic carbocycles. The number of nitrogens with one attached hydrogen (secondary N) is 1. The first-order valence-corrected chi connectivity index (χ1v) is 8.17. The lowest BCUT2D eigenvalue weighted by atomic mass is 9.76. The average molecular weight is 282 g/mol. The minimum atomic E-state index is -0.0284. The van der Waals surface area contributed by atoms with Crippen molar-refractivity contribution in [1.82, 2.24) is 10.2 Å². The van der Waals surface area contributed by atoms with Gasteiger partial charge in [0.2, 0.25) is 0 Å². The molecule has 0 amide bonds. The Hall–Kier alpha value is -0.120. The van der Waals surface area contributed by atoms with Gasteiger partial charge in [0.1, 0.15) is 0 Å². The van der Waals surface area contributed by atoms with Gasteiger partial charge in [-0.25, -0.2) is 0 Å². The van der Waals surface area contributed by atoms with Gasteiger partial charge in [0, 0.05) is 24.7 Å². The summed E-state index contributed by atoms with van der Waals surface area (Å²) >= 11 is 0. The molecular formula is C17H34N2O. The largest absolute Gasteiger partial charge is 0.367 e. The zero-order chi connectivity index (χ0) is 15.2. The molecule has 1 heterocycles. The van der Waals surface area contributed by atoms with Crippen molar-refractivity contribution < 1.29 is 4.74 Å². The molecule has 0 aromatic rings. The van der Waals surface area contributed by atoms with E-state index in [1.807, 2.05) is 0 Å². The molecule has 2 aliphatic rings. The highest BCUT2D eigenvalue weighted by Crippen LogP contribution is 2.37. The van der Waals surface area contributed by atoms with Crippen LogP contribution in [0.2, 0.25) is 0 Å². The molecule has 1 aliphatic carbocycles. The minimum Gasteiger partial charge on any atom is -0.367 e. The van der Waals surface area contributed by atoms with E-state index in [-0.39, 0.29) is 16.7 Å². The second-order valence-corrected chi connectivity index (χ2v) is 9.06. The second-order valence-electron chi connectivity index (χ2n) is 9.06. The molecule has 118 valence electrons. The molecule has 2 rings (SSSR count). The predicted molar refractivity (Wildman–Crippen MR) is 85.1 cm³/mol. The van der Waals surface area contributed by atoms with Gasteiger partial charge in [-0.3, -0.25) is 4.90 Å². The summed E-state index contributed by atoms with van der Waals surface area (Å²) in [6.07, 6.45) is 2.72. The fourth-order valence-corrected chi connectivity index (χ4v) is 3.79. The van der Waals surface area contributed by atoms with E-state index in [0.29, 0.717) is 0 Å². The third-order valence-corrected chi connectivity index (χ3v) is 4.46. The summed E-state index contributed by atoms with van der Waals surface area (Å²) in [5, 5.41) is 3.68. The lowest BCUT2D eigenvalue weighted by Crippen LogP contribution is -2.63. The number of morpholine rings is 1. The first-order chi connectivity index (χ1) is 8.98. The average Bonchev–Trinajstić information content (AvgIpc) is 2.07. The van der Waals surface area contributed by atoms with Crippen molar-refractivity contribution in [2.24, 2.45) is 5.92 Å². The molecule has 20 heavy (non-hydrogen) atoms. The zero-order valence-corrected chi connectivity index (χ0v) is 14.5. The van der Waals surface area contributed by atoms with Crippen molar-refractivity contribution in [3.05, 3.63) is 0 Å². The van der Waals surface area contributed by atoms with Crippen molar-refractivity contribution in [1.29, 1.82) is 0 Å². The van der Waals surface area contributed by atoms with Crippen LogP contribution < -0.4 is 5.32 Å². The summed E-state index contributed by atoms with van der Waals surface area (Å²) in [4.78, 5) is 2.68. The van der Waals surface area contributed by atoms with E-state index >= 15 is 0 Å². The smallest absolute Gasteiger partial charge is 0.0760 e. The Morgan fingerprint density at radius 3 is 2.00 bits per heavy atom. The van der Waals surface area contributed by atoms with Crippen LogP contribution in [0.5, 0.6) is 0 Å². The number of hydrogen-bond donors (Lipinski definition) is 1. The van der Waals surface area contributed by atoms with Gasteiger partial charge >= 0.3 is 0 Å². The first-order valence-electron chi connectivity index (χ1n) is 8.17. The standard InChI is InChI=1S/C17H34N2O/c1-15(2,3)18-10-13-8-9-14(13)19-11-16(4,5)20-17(6,7)12-19/h13-14,18H,8-12H2,1-7H3. The lowest BCUT2D eigenvalue weighted by Gasteiger charge is -2.54. The van der Waals surface area contributed by atoms with Crippen LogP contribution in [0.25, 0.3) is 0 Å². The molecular weight excluding hydrogens is 248 g/mol. The Labute approximate surface area is 125 Å². The summed E-state index contributed by atoms with van der Waals surface area (Å²) in [5.74, 6) is 0.805. The monoisotopic (exact) mass is 282 g/mol. The van der Waals surface area contributed by atoms with Crippen LogP contribution in [0, 0.1) is 5.92 Å². The predicted octanol–water partition coefficient (Wildman–Crippen LogP) is 3.04. The Morgan fingerprint density at radius 2 is 1.60 bits per heavy atom.